The molecular weight excluding hydrogens is 216 g/mol. The van der Waals surface area contributed by atoms with E-state index in [0.29, 0.717) is 16.8 Å². The number of furan rings is 1. The average molecular weight is 226 g/mol. The smallest absolute Gasteiger partial charge is 0.261 e. The van der Waals surface area contributed by atoms with Crippen LogP contribution in [0.25, 0.3) is 0 Å². The number of para-hydroxylation sites is 1. The normalized spacial score (nSPS) is 9.65. The Balaban J connectivity index is 2.35. The largest absolute Gasteiger partial charge is 0.472 e. The summed E-state index contributed by atoms with van der Waals surface area (Å²) in [4.78, 5) is 13.5. The number of anilines is 1. The van der Waals surface area contributed by atoms with Crippen molar-refractivity contribution in [2.45, 2.75) is 0 Å². The Morgan fingerprint density at radius 3 is 2.76 bits per heavy atom. The fraction of sp³-hybridized carbons (Fsp3) is 0.0769. The van der Waals surface area contributed by atoms with Crippen molar-refractivity contribution in [1.82, 2.24) is 0 Å². The van der Waals surface area contributed by atoms with Crippen molar-refractivity contribution in [3.8, 4) is 6.07 Å². The molecule has 0 unspecified atom stereocenters. The molecule has 2 aromatic rings. The number of rotatable bonds is 2. The van der Waals surface area contributed by atoms with Crippen LogP contribution in [0, 0.1) is 11.3 Å². The van der Waals surface area contributed by atoms with Gasteiger partial charge in [0.05, 0.1) is 23.1 Å². The van der Waals surface area contributed by atoms with Gasteiger partial charge in [0, 0.05) is 7.05 Å². The standard InChI is InChI=1S/C13H10N2O2/c1-15(13(16)11-6-7-17-9-11)12-5-3-2-4-10(12)8-14/h2-7,9H,1H3. The molecule has 2 rings (SSSR count). The highest BCUT2D eigenvalue weighted by molar-refractivity contribution is 6.06. The number of benzene rings is 1. The van der Waals surface area contributed by atoms with Gasteiger partial charge in [0.2, 0.25) is 0 Å². The molecule has 0 aliphatic heterocycles. The zero-order valence-corrected chi connectivity index (χ0v) is 9.25. The lowest BCUT2D eigenvalue weighted by molar-refractivity contribution is 0.0992. The lowest BCUT2D eigenvalue weighted by atomic mass is 10.1. The van der Waals surface area contributed by atoms with E-state index in [4.69, 9.17) is 9.68 Å². The summed E-state index contributed by atoms with van der Waals surface area (Å²) in [6.07, 6.45) is 2.82. The minimum Gasteiger partial charge on any atom is -0.472 e. The Bertz CT molecular complexity index is 567. The van der Waals surface area contributed by atoms with Gasteiger partial charge < -0.3 is 9.32 Å². The molecule has 1 heterocycles. The molecule has 0 saturated heterocycles. The average Bonchev–Trinajstić information content (AvgIpc) is 2.90. The minimum atomic E-state index is -0.207. The van der Waals surface area contributed by atoms with E-state index in [0.717, 1.165) is 0 Å². The van der Waals surface area contributed by atoms with Crippen LogP contribution in [-0.2, 0) is 0 Å². The predicted octanol–water partition coefficient (Wildman–Crippen LogP) is 2.43. The molecule has 0 atom stereocenters. The lowest BCUT2D eigenvalue weighted by Crippen LogP contribution is -2.26. The zero-order chi connectivity index (χ0) is 12.3. The van der Waals surface area contributed by atoms with E-state index in [1.807, 2.05) is 0 Å². The summed E-state index contributed by atoms with van der Waals surface area (Å²) in [6, 6.07) is 10.6. The van der Waals surface area contributed by atoms with E-state index in [-0.39, 0.29) is 5.91 Å². The molecule has 1 aromatic heterocycles. The van der Waals surface area contributed by atoms with Crippen LogP contribution in [-0.4, -0.2) is 13.0 Å². The van der Waals surface area contributed by atoms with Gasteiger partial charge in [-0.1, -0.05) is 12.1 Å². The molecule has 0 saturated carbocycles. The van der Waals surface area contributed by atoms with Crippen molar-refractivity contribution in [2.75, 3.05) is 11.9 Å². The molecule has 0 fully saturated rings. The van der Waals surface area contributed by atoms with Crippen LogP contribution < -0.4 is 4.90 Å². The lowest BCUT2D eigenvalue weighted by Gasteiger charge is -2.17. The first-order valence-corrected chi connectivity index (χ1v) is 5.03. The Morgan fingerprint density at radius 2 is 2.12 bits per heavy atom. The third-order valence-electron chi connectivity index (χ3n) is 2.46. The van der Waals surface area contributed by atoms with Crippen LogP contribution in [0.15, 0.2) is 47.3 Å². The van der Waals surface area contributed by atoms with Crippen LogP contribution in [0.3, 0.4) is 0 Å². The SMILES string of the molecule is CN(C(=O)c1ccoc1)c1ccccc1C#N. The second-order valence-electron chi connectivity index (χ2n) is 3.51. The van der Waals surface area contributed by atoms with Gasteiger partial charge in [0.25, 0.3) is 5.91 Å². The molecule has 0 bridgehead atoms. The number of carbonyl (C=O) groups excluding carboxylic acids is 1. The molecule has 0 radical (unpaired) electrons. The topological polar surface area (TPSA) is 57.2 Å². The van der Waals surface area contributed by atoms with Crippen molar-refractivity contribution < 1.29 is 9.21 Å². The van der Waals surface area contributed by atoms with Crippen molar-refractivity contribution in [3.05, 3.63) is 54.0 Å². The van der Waals surface area contributed by atoms with Gasteiger partial charge in [-0.05, 0) is 18.2 Å². The number of nitrogens with zero attached hydrogens (tertiary/aromatic N) is 2. The van der Waals surface area contributed by atoms with Crippen LogP contribution in [0.1, 0.15) is 15.9 Å². The number of carbonyl (C=O) groups is 1. The van der Waals surface area contributed by atoms with E-state index in [2.05, 4.69) is 6.07 Å². The summed E-state index contributed by atoms with van der Waals surface area (Å²) >= 11 is 0. The molecule has 0 aliphatic carbocycles. The number of nitriles is 1. The highest BCUT2D eigenvalue weighted by atomic mass is 16.3. The molecule has 0 spiro atoms. The van der Waals surface area contributed by atoms with Crippen molar-refractivity contribution in [3.63, 3.8) is 0 Å². The summed E-state index contributed by atoms with van der Waals surface area (Å²) in [6.45, 7) is 0. The van der Waals surface area contributed by atoms with E-state index >= 15 is 0 Å². The fourth-order valence-electron chi connectivity index (χ4n) is 1.55. The fourth-order valence-corrected chi connectivity index (χ4v) is 1.55. The third-order valence-corrected chi connectivity index (χ3v) is 2.46. The van der Waals surface area contributed by atoms with Gasteiger partial charge in [0.1, 0.15) is 12.3 Å². The first kappa shape index (κ1) is 11.0. The number of amides is 1. The summed E-state index contributed by atoms with van der Waals surface area (Å²) in [5.74, 6) is -0.207. The maximum absolute atomic E-state index is 12.0. The van der Waals surface area contributed by atoms with E-state index < -0.39 is 0 Å². The Morgan fingerprint density at radius 1 is 1.35 bits per heavy atom. The van der Waals surface area contributed by atoms with Crippen molar-refractivity contribution >= 4 is 11.6 Å². The summed E-state index contributed by atoms with van der Waals surface area (Å²) in [5.41, 5.74) is 1.51. The van der Waals surface area contributed by atoms with E-state index in [1.165, 1.54) is 17.4 Å². The molecule has 1 amide bonds. The summed E-state index contributed by atoms with van der Waals surface area (Å²) < 4.78 is 4.87. The number of hydrogen-bond donors (Lipinski definition) is 0. The molecule has 4 heteroatoms. The van der Waals surface area contributed by atoms with Gasteiger partial charge in [-0.25, -0.2) is 0 Å². The van der Waals surface area contributed by atoms with E-state index in [1.54, 1.807) is 37.4 Å². The monoisotopic (exact) mass is 226 g/mol. The van der Waals surface area contributed by atoms with Gasteiger partial charge in [-0.3, -0.25) is 4.79 Å². The van der Waals surface area contributed by atoms with Crippen molar-refractivity contribution in [2.24, 2.45) is 0 Å². The van der Waals surface area contributed by atoms with Gasteiger partial charge in [0.15, 0.2) is 0 Å². The second-order valence-corrected chi connectivity index (χ2v) is 3.51. The molecule has 0 N–H and O–H groups in total. The highest BCUT2D eigenvalue weighted by Gasteiger charge is 2.16. The third kappa shape index (κ3) is 2.04. The van der Waals surface area contributed by atoms with E-state index in [9.17, 15) is 4.79 Å². The van der Waals surface area contributed by atoms with Crippen molar-refractivity contribution in [1.29, 1.82) is 5.26 Å². The Hall–Kier alpha value is -2.54. The first-order chi connectivity index (χ1) is 8.24. The minimum absolute atomic E-state index is 0.207. The van der Waals surface area contributed by atoms with Gasteiger partial charge in [-0.15, -0.1) is 0 Å². The molecule has 0 aliphatic rings. The molecule has 17 heavy (non-hydrogen) atoms. The maximum Gasteiger partial charge on any atom is 0.261 e. The van der Waals surface area contributed by atoms with Gasteiger partial charge in [-0.2, -0.15) is 5.26 Å². The zero-order valence-electron chi connectivity index (χ0n) is 9.25. The molecular formula is C13H10N2O2. The Kier molecular flexibility index (Phi) is 2.93. The predicted molar refractivity (Wildman–Crippen MR) is 62.6 cm³/mol. The summed E-state index contributed by atoms with van der Waals surface area (Å²) in [7, 11) is 1.63. The highest BCUT2D eigenvalue weighted by Crippen LogP contribution is 2.20. The summed E-state index contributed by atoms with van der Waals surface area (Å²) in [5, 5.41) is 8.97. The number of hydrogen-bond acceptors (Lipinski definition) is 3. The van der Waals surface area contributed by atoms with Gasteiger partial charge >= 0.3 is 0 Å². The Labute approximate surface area is 98.7 Å². The molecule has 4 nitrogen and oxygen atoms in total. The van der Waals surface area contributed by atoms with Crippen LogP contribution in [0.4, 0.5) is 5.69 Å². The second kappa shape index (κ2) is 4.54. The quantitative estimate of drug-likeness (QED) is 0.790. The molecule has 1 aromatic carbocycles. The van der Waals surface area contributed by atoms with Crippen LogP contribution in [0.5, 0.6) is 0 Å². The first-order valence-electron chi connectivity index (χ1n) is 5.03. The molecule has 84 valence electrons. The maximum atomic E-state index is 12.0. The van der Waals surface area contributed by atoms with Crippen LogP contribution >= 0.6 is 0 Å². The van der Waals surface area contributed by atoms with Crippen LogP contribution in [0.2, 0.25) is 0 Å².